The maximum absolute atomic E-state index is 13.0. The molecule has 1 amide bonds. The SMILES string of the molecule is COc1ccc(CNC(=O)C(C)OC(=O)C2CCN(S(=O)(=O)c3ccc(C)cc3C)CC2)cc1. The van der Waals surface area contributed by atoms with Crippen LogP contribution in [0.5, 0.6) is 5.75 Å². The molecule has 2 aromatic rings. The minimum Gasteiger partial charge on any atom is -0.497 e. The molecule has 2 aromatic carbocycles. The molecule has 1 atom stereocenters. The van der Waals surface area contributed by atoms with Crippen molar-refractivity contribution in [2.45, 2.75) is 51.2 Å². The molecular weight excluding hydrogens is 456 g/mol. The van der Waals surface area contributed by atoms with Gasteiger partial charge in [-0.1, -0.05) is 29.8 Å². The Balaban J connectivity index is 1.49. The fourth-order valence-corrected chi connectivity index (χ4v) is 5.64. The molecule has 1 unspecified atom stereocenters. The number of ether oxygens (including phenoxy) is 2. The Hall–Kier alpha value is -2.91. The van der Waals surface area contributed by atoms with E-state index in [4.69, 9.17) is 9.47 Å². The van der Waals surface area contributed by atoms with Crippen LogP contribution in [-0.2, 0) is 30.9 Å². The van der Waals surface area contributed by atoms with Crippen molar-refractivity contribution in [3.63, 3.8) is 0 Å². The van der Waals surface area contributed by atoms with E-state index in [1.807, 2.05) is 25.1 Å². The molecule has 1 N–H and O–H groups in total. The van der Waals surface area contributed by atoms with E-state index in [1.54, 1.807) is 38.3 Å². The fourth-order valence-electron chi connectivity index (χ4n) is 3.96. The molecule has 1 saturated heterocycles. The van der Waals surface area contributed by atoms with Gasteiger partial charge in [0.05, 0.1) is 17.9 Å². The van der Waals surface area contributed by atoms with E-state index >= 15 is 0 Å². The lowest BCUT2D eigenvalue weighted by molar-refractivity contribution is -0.159. The van der Waals surface area contributed by atoms with E-state index in [0.29, 0.717) is 29.8 Å². The van der Waals surface area contributed by atoms with Gasteiger partial charge in [-0.25, -0.2) is 8.42 Å². The molecule has 184 valence electrons. The number of rotatable bonds is 8. The second kappa shape index (κ2) is 11.0. The topological polar surface area (TPSA) is 102 Å². The van der Waals surface area contributed by atoms with Crippen LogP contribution >= 0.6 is 0 Å². The predicted molar refractivity (Wildman–Crippen MR) is 128 cm³/mol. The highest BCUT2D eigenvalue weighted by atomic mass is 32.2. The maximum Gasteiger partial charge on any atom is 0.309 e. The third-order valence-electron chi connectivity index (χ3n) is 6.02. The first-order chi connectivity index (χ1) is 16.1. The van der Waals surface area contributed by atoms with Gasteiger partial charge in [0.25, 0.3) is 5.91 Å². The van der Waals surface area contributed by atoms with Crippen LogP contribution in [0.2, 0.25) is 0 Å². The van der Waals surface area contributed by atoms with Crippen molar-refractivity contribution in [1.29, 1.82) is 0 Å². The lowest BCUT2D eigenvalue weighted by atomic mass is 9.98. The number of nitrogens with zero attached hydrogens (tertiary/aromatic N) is 1. The van der Waals surface area contributed by atoms with Gasteiger partial charge >= 0.3 is 5.97 Å². The highest BCUT2D eigenvalue weighted by molar-refractivity contribution is 7.89. The summed E-state index contributed by atoms with van der Waals surface area (Å²) < 4.78 is 38.0. The predicted octanol–water partition coefficient (Wildman–Crippen LogP) is 2.96. The third-order valence-corrected chi connectivity index (χ3v) is 8.08. The third kappa shape index (κ3) is 6.15. The van der Waals surface area contributed by atoms with Crippen LogP contribution in [0, 0.1) is 19.8 Å². The summed E-state index contributed by atoms with van der Waals surface area (Å²) in [6, 6.07) is 12.6. The van der Waals surface area contributed by atoms with Crippen LogP contribution < -0.4 is 10.1 Å². The zero-order valence-corrected chi connectivity index (χ0v) is 20.9. The van der Waals surface area contributed by atoms with E-state index in [0.717, 1.165) is 16.9 Å². The Morgan fingerprint density at radius 2 is 1.74 bits per heavy atom. The molecule has 8 nitrogen and oxygen atoms in total. The summed E-state index contributed by atoms with van der Waals surface area (Å²) >= 11 is 0. The second-order valence-electron chi connectivity index (χ2n) is 8.59. The summed E-state index contributed by atoms with van der Waals surface area (Å²) in [4.78, 5) is 25.2. The summed E-state index contributed by atoms with van der Waals surface area (Å²) in [5.74, 6) is -0.581. The molecule has 0 spiro atoms. The van der Waals surface area contributed by atoms with Gasteiger partial charge in [0.2, 0.25) is 10.0 Å². The van der Waals surface area contributed by atoms with Crippen molar-refractivity contribution in [2.75, 3.05) is 20.2 Å². The van der Waals surface area contributed by atoms with Crippen molar-refractivity contribution in [3.8, 4) is 5.75 Å². The zero-order chi connectivity index (χ0) is 24.9. The van der Waals surface area contributed by atoms with Crippen LogP contribution in [0.25, 0.3) is 0 Å². The molecule has 0 bridgehead atoms. The molecular formula is C25H32N2O6S. The molecule has 3 rings (SSSR count). The fraction of sp³-hybridized carbons (Fsp3) is 0.440. The first-order valence-electron chi connectivity index (χ1n) is 11.3. The summed E-state index contributed by atoms with van der Waals surface area (Å²) in [6.07, 6.45) is -0.241. The standard InChI is InChI=1S/C25H32N2O6S/c1-17-5-10-23(18(2)15-17)34(30,31)27-13-11-21(12-14-27)25(29)33-19(3)24(28)26-16-20-6-8-22(32-4)9-7-20/h5-10,15,19,21H,11-14,16H2,1-4H3,(H,26,28). The molecule has 34 heavy (non-hydrogen) atoms. The highest BCUT2D eigenvalue weighted by Crippen LogP contribution is 2.27. The van der Waals surface area contributed by atoms with Gasteiger partial charge in [-0.05, 0) is 62.9 Å². The minimum atomic E-state index is -3.62. The van der Waals surface area contributed by atoms with E-state index in [-0.39, 0.29) is 19.0 Å². The number of amides is 1. The number of aryl methyl sites for hydroxylation is 2. The van der Waals surface area contributed by atoms with Crippen molar-refractivity contribution >= 4 is 21.9 Å². The van der Waals surface area contributed by atoms with E-state index in [9.17, 15) is 18.0 Å². The normalized spacial score (nSPS) is 16.0. The molecule has 0 radical (unpaired) electrons. The van der Waals surface area contributed by atoms with Crippen molar-refractivity contribution in [2.24, 2.45) is 5.92 Å². The zero-order valence-electron chi connectivity index (χ0n) is 20.0. The van der Waals surface area contributed by atoms with Crippen LogP contribution in [0.1, 0.15) is 36.5 Å². The lowest BCUT2D eigenvalue weighted by Crippen LogP contribution is -2.42. The van der Waals surface area contributed by atoms with E-state index in [1.165, 1.54) is 11.2 Å². The second-order valence-corrected chi connectivity index (χ2v) is 10.5. The number of hydrogen-bond acceptors (Lipinski definition) is 6. The molecule has 0 saturated carbocycles. The quantitative estimate of drug-likeness (QED) is 0.573. The number of sulfonamides is 1. The molecule has 1 heterocycles. The smallest absolute Gasteiger partial charge is 0.309 e. The Morgan fingerprint density at radius 1 is 1.09 bits per heavy atom. The van der Waals surface area contributed by atoms with Gasteiger partial charge in [0.1, 0.15) is 5.75 Å². The highest BCUT2D eigenvalue weighted by Gasteiger charge is 2.34. The van der Waals surface area contributed by atoms with Gasteiger partial charge in [-0.3, -0.25) is 9.59 Å². The first-order valence-corrected chi connectivity index (χ1v) is 12.7. The number of hydrogen-bond donors (Lipinski definition) is 1. The van der Waals surface area contributed by atoms with Gasteiger partial charge in [-0.2, -0.15) is 4.31 Å². The molecule has 1 aliphatic rings. The Kier molecular flexibility index (Phi) is 8.33. The number of nitrogens with one attached hydrogen (secondary N) is 1. The maximum atomic E-state index is 13.0. The summed E-state index contributed by atoms with van der Waals surface area (Å²) in [5.41, 5.74) is 2.60. The van der Waals surface area contributed by atoms with Crippen LogP contribution in [0.4, 0.5) is 0 Å². The number of esters is 1. The molecule has 1 aliphatic heterocycles. The Labute approximate surface area is 201 Å². The van der Waals surface area contributed by atoms with Gasteiger partial charge in [0.15, 0.2) is 6.10 Å². The number of carbonyl (C=O) groups is 2. The first kappa shape index (κ1) is 25.7. The van der Waals surface area contributed by atoms with Gasteiger partial charge in [0, 0.05) is 19.6 Å². The lowest BCUT2D eigenvalue weighted by Gasteiger charge is -2.31. The number of carbonyl (C=O) groups excluding carboxylic acids is 2. The van der Waals surface area contributed by atoms with Gasteiger partial charge in [-0.15, -0.1) is 0 Å². The monoisotopic (exact) mass is 488 g/mol. The molecule has 1 fully saturated rings. The molecule has 9 heteroatoms. The van der Waals surface area contributed by atoms with Crippen molar-refractivity contribution < 1.29 is 27.5 Å². The van der Waals surface area contributed by atoms with Crippen LogP contribution in [0.15, 0.2) is 47.4 Å². The summed E-state index contributed by atoms with van der Waals surface area (Å²) in [7, 11) is -2.04. The average molecular weight is 489 g/mol. The number of methoxy groups -OCH3 is 1. The van der Waals surface area contributed by atoms with E-state index < -0.39 is 28.0 Å². The van der Waals surface area contributed by atoms with Crippen molar-refractivity contribution in [1.82, 2.24) is 9.62 Å². The average Bonchev–Trinajstić information content (AvgIpc) is 2.82. The van der Waals surface area contributed by atoms with Crippen LogP contribution in [-0.4, -0.2) is 50.9 Å². The Bertz CT molecular complexity index is 1120. The Morgan fingerprint density at radius 3 is 2.32 bits per heavy atom. The largest absolute Gasteiger partial charge is 0.497 e. The van der Waals surface area contributed by atoms with Crippen LogP contribution in [0.3, 0.4) is 0 Å². The summed E-state index contributed by atoms with van der Waals surface area (Å²) in [6.45, 7) is 5.99. The minimum absolute atomic E-state index is 0.230. The molecule has 0 aliphatic carbocycles. The van der Waals surface area contributed by atoms with E-state index in [2.05, 4.69) is 5.32 Å². The van der Waals surface area contributed by atoms with Crippen molar-refractivity contribution in [3.05, 3.63) is 59.2 Å². The number of benzene rings is 2. The molecule has 0 aromatic heterocycles. The summed E-state index contributed by atoms with van der Waals surface area (Å²) in [5, 5.41) is 2.75. The number of piperidine rings is 1. The van der Waals surface area contributed by atoms with Gasteiger partial charge < -0.3 is 14.8 Å².